The van der Waals surface area contributed by atoms with Gasteiger partial charge in [-0.05, 0) is 46.3 Å². The van der Waals surface area contributed by atoms with E-state index in [9.17, 15) is 4.79 Å². The molecule has 1 saturated heterocycles. The molecular weight excluding hydrogens is 262 g/mol. The summed E-state index contributed by atoms with van der Waals surface area (Å²) in [6.45, 7) is 5.12. The first-order valence-electron chi connectivity index (χ1n) is 7.75. The zero-order valence-electron chi connectivity index (χ0n) is 13.4. The predicted octanol–water partition coefficient (Wildman–Crippen LogP) is 1.91. The van der Waals surface area contributed by atoms with Gasteiger partial charge in [0.15, 0.2) is 0 Å². The first-order chi connectivity index (χ1) is 9.93. The van der Waals surface area contributed by atoms with Crippen LogP contribution in [0.3, 0.4) is 0 Å². The monoisotopic (exact) mass is 287 g/mol. The number of nitrogens with one attached hydrogen (secondary N) is 1. The van der Waals surface area contributed by atoms with E-state index in [1.807, 2.05) is 0 Å². The third-order valence-electron chi connectivity index (χ3n) is 4.55. The second kappa shape index (κ2) is 5.11. The van der Waals surface area contributed by atoms with Gasteiger partial charge in [0.2, 0.25) is 5.91 Å². The van der Waals surface area contributed by atoms with Gasteiger partial charge in [0.05, 0.1) is 0 Å². The van der Waals surface area contributed by atoms with Crippen LogP contribution in [-0.4, -0.2) is 47.9 Å². The molecule has 2 fully saturated rings. The molecule has 1 aliphatic carbocycles. The molecule has 114 valence electrons. The lowest BCUT2D eigenvalue weighted by molar-refractivity contribution is -0.133. The van der Waals surface area contributed by atoms with E-state index in [1.54, 1.807) is 0 Å². The summed E-state index contributed by atoms with van der Waals surface area (Å²) in [4.78, 5) is 17.0. The maximum atomic E-state index is 12.8. The minimum absolute atomic E-state index is 0.00912. The minimum Gasteiger partial charge on any atom is -0.317 e. The fourth-order valence-electron chi connectivity index (χ4n) is 3.40. The molecule has 4 nitrogen and oxygen atoms in total. The van der Waals surface area contributed by atoms with Crippen LogP contribution in [0.1, 0.15) is 37.1 Å². The summed E-state index contributed by atoms with van der Waals surface area (Å²) in [5.41, 5.74) is 2.16. The summed E-state index contributed by atoms with van der Waals surface area (Å²) in [5.74, 6) is 0.281. The summed E-state index contributed by atoms with van der Waals surface area (Å²) in [6, 6.07) is 8.67. The predicted molar refractivity (Wildman–Crippen MR) is 83.9 cm³/mol. The SMILES string of the molecule is Cc1cccc(C2NC3(CC3)C(=O)N2C(C)CN(C)C)c1. The highest BCUT2D eigenvalue weighted by Crippen LogP contribution is 2.46. The second-order valence-electron chi connectivity index (χ2n) is 6.87. The normalized spacial score (nSPS) is 24.9. The average molecular weight is 287 g/mol. The summed E-state index contributed by atoms with van der Waals surface area (Å²) in [6.07, 6.45) is 1.95. The second-order valence-corrected chi connectivity index (χ2v) is 6.87. The van der Waals surface area contributed by atoms with Gasteiger partial charge in [-0.15, -0.1) is 0 Å². The highest BCUT2D eigenvalue weighted by atomic mass is 16.2. The Bertz CT molecular complexity index is 551. The molecule has 0 radical (unpaired) electrons. The molecule has 1 aromatic rings. The molecule has 2 unspecified atom stereocenters. The number of amides is 1. The van der Waals surface area contributed by atoms with Crippen LogP contribution in [-0.2, 0) is 4.79 Å². The Kier molecular flexibility index (Phi) is 3.54. The smallest absolute Gasteiger partial charge is 0.244 e. The van der Waals surface area contributed by atoms with Crippen molar-refractivity contribution in [2.75, 3.05) is 20.6 Å². The van der Waals surface area contributed by atoms with Crippen LogP contribution in [0, 0.1) is 6.92 Å². The van der Waals surface area contributed by atoms with E-state index in [2.05, 4.69) is 67.3 Å². The number of aryl methyl sites for hydroxylation is 1. The third-order valence-corrected chi connectivity index (χ3v) is 4.55. The van der Waals surface area contributed by atoms with Crippen LogP contribution in [0.25, 0.3) is 0 Å². The van der Waals surface area contributed by atoms with E-state index < -0.39 is 0 Å². The largest absolute Gasteiger partial charge is 0.317 e. The lowest BCUT2D eigenvalue weighted by Gasteiger charge is -2.32. The molecule has 4 heteroatoms. The Morgan fingerprint density at radius 3 is 2.71 bits per heavy atom. The highest BCUT2D eigenvalue weighted by Gasteiger charge is 2.60. The lowest BCUT2D eigenvalue weighted by atomic mass is 10.1. The molecule has 1 saturated carbocycles. The van der Waals surface area contributed by atoms with Gasteiger partial charge in [-0.2, -0.15) is 0 Å². The van der Waals surface area contributed by atoms with Crippen molar-refractivity contribution in [1.82, 2.24) is 15.1 Å². The number of carbonyl (C=O) groups excluding carboxylic acids is 1. The average Bonchev–Trinajstić information content (AvgIpc) is 3.11. The van der Waals surface area contributed by atoms with Gasteiger partial charge in [0.1, 0.15) is 11.7 Å². The van der Waals surface area contributed by atoms with Crippen molar-refractivity contribution in [1.29, 1.82) is 0 Å². The first-order valence-corrected chi connectivity index (χ1v) is 7.75. The molecule has 1 heterocycles. The molecule has 3 rings (SSSR count). The van der Waals surface area contributed by atoms with Crippen LogP contribution in [0.5, 0.6) is 0 Å². The number of benzene rings is 1. The van der Waals surface area contributed by atoms with Crippen molar-refractivity contribution in [2.24, 2.45) is 0 Å². The standard InChI is InChI=1S/C17H25N3O/c1-12-6-5-7-14(10-12)15-18-17(8-9-17)16(21)20(15)13(2)11-19(3)4/h5-7,10,13,15,18H,8-9,11H2,1-4H3. The molecule has 1 N–H and O–H groups in total. The molecule has 0 bridgehead atoms. The Morgan fingerprint density at radius 1 is 1.43 bits per heavy atom. The zero-order chi connectivity index (χ0) is 15.2. The number of nitrogens with zero attached hydrogens (tertiary/aromatic N) is 2. The molecule has 0 aromatic heterocycles. The van der Waals surface area contributed by atoms with Crippen LogP contribution >= 0.6 is 0 Å². The van der Waals surface area contributed by atoms with E-state index in [0.29, 0.717) is 0 Å². The van der Waals surface area contributed by atoms with Crippen LogP contribution in [0.4, 0.5) is 0 Å². The van der Waals surface area contributed by atoms with Crippen LogP contribution in [0.2, 0.25) is 0 Å². The Labute approximate surface area is 127 Å². The van der Waals surface area contributed by atoms with Crippen LogP contribution in [0.15, 0.2) is 24.3 Å². The van der Waals surface area contributed by atoms with Crippen molar-refractivity contribution in [3.63, 3.8) is 0 Å². The number of hydrogen-bond acceptors (Lipinski definition) is 3. The maximum absolute atomic E-state index is 12.8. The molecule has 1 spiro atoms. The zero-order valence-corrected chi connectivity index (χ0v) is 13.4. The highest BCUT2D eigenvalue weighted by molar-refractivity contribution is 5.92. The third kappa shape index (κ3) is 2.58. The number of likely N-dealkylation sites (N-methyl/N-ethyl adjacent to an activating group) is 1. The molecular formula is C17H25N3O. The number of hydrogen-bond donors (Lipinski definition) is 1. The van der Waals surface area contributed by atoms with Gasteiger partial charge >= 0.3 is 0 Å². The quantitative estimate of drug-likeness (QED) is 0.919. The minimum atomic E-state index is -0.269. The van der Waals surface area contributed by atoms with Gasteiger partial charge in [-0.3, -0.25) is 10.1 Å². The molecule has 2 atom stereocenters. The lowest BCUT2D eigenvalue weighted by Crippen LogP contribution is -2.44. The van der Waals surface area contributed by atoms with Gasteiger partial charge in [-0.1, -0.05) is 29.8 Å². The Hall–Kier alpha value is -1.39. The fourth-order valence-corrected chi connectivity index (χ4v) is 3.40. The van der Waals surface area contributed by atoms with Crippen molar-refractivity contribution >= 4 is 5.91 Å². The summed E-state index contributed by atoms with van der Waals surface area (Å²) in [7, 11) is 4.11. The summed E-state index contributed by atoms with van der Waals surface area (Å²) >= 11 is 0. The topological polar surface area (TPSA) is 35.6 Å². The van der Waals surface area contributed by atoms with Crippen LogP contribution < -0.4 is 5.32 Å². The van der Waals surface area contributed by atoms with Crippen molar-refractivity contribution in [3.05, 3.63) is 35.4 Å². The summed E-state index contributed by atoms with van der Waals surface area (Å²) < 4.78 is 0. The number of rotatable bonds is 4. The van der Waals surface area contributed by atoms with E-state index in [-0.39, 0.29) is 23.7 Å². The Morgan fingerprint density at radius 2 is 2.14 bits per heavy atom. The van der Waals surface area contributed by atoms with Gasteiger partial charge < -0.3 is 9.80 Å². The Balaban J connectivity index is 1.91. The first kappa shape index (κ1) is 14.5. The van der Waals surface area contributed by atoms with Crippen molar-refractivity contribution in [2.45, 2.75) is 44.4 Å². The molecule has 1 aromatic carbocycles. The van der Waals surface area contributed by atoms with E-state index in [4.69, 9.17) is 0 Å². The number of carbonyl (C=O) groups is 1. The van der Waals surface area contributed by atoms with Gasteiger partial charge in [0, 0.05) is 12.6 Å². The van der Waals surface area contributed by atoms with E-state index >= 15 is 0 Å². The van der Waals surface area contributed by atoms with Crippen molar-refractivity contribution in [3.8, 4) is 0 Å². The summed E-state index contributed by atoms with van der Waals surface area (Å²) in [5, 5.41) is 3.60. The molecule has 21 heavy (non-hydrogen) atoms. The van der Waals surface area contributed by atoms with Gasteiger partial charge in [0.25, 0.3) is 0 Å². The van der Waals surface area contributed by atoms with Crippen molar-refractivity contribution < 1.29 is 4.79 Å². The van der Waals surface area contributed by atoms with Gasteiger partial charge in [-0.25, -0.2) is 0 Å². The van der Waals surface area contributed by atoms with E-state index in [1.165, 1.54) is 11.1 Å². The molecule has 1 amide bonds. The maximum Gasteiger partial charge on any atom is 0.244 e. The molecule has 1 aliphatic heterocycles. The molecule has 2 aliphatic rings. The van der Waals surface area contributed by atoms with E-state index in [0.717, 1.165) is 19.4 Å². The fraction of sp³-hybridized carbons (Fsp3) is 0.588.